The summed E-state index contributed by atoms with van der Waals surface area (Å²) in [6.45, 7) is 0.446. The van der Waals surface area contributed by atoms with Gasteiger partial charge in [0, 0.05) is 24.0 Å². The second kappa shape index (κ2) is 7.71. The van der Waals surface area contributed by atoms with Crippen molar-refractivity contribution in [3.05, 3.63) is 57.9 Å². The van der Waals surface area contributed by atoms with Crippen LogP contribution in [0.25, 0.3) is 11.3 Å². The molecule has 150 valence electrons. The third-order valence-corrected chi connectivity index (χ3v) is 6.13. The van der Waals surface area contributed by atoms with Gasteiger partial charge in [0.1, 0.15) is 11.4 Å². The molecule has 0 N–H and O–H groups in total. The molecule has 0 bridgehead atoms. The number of rotatable bonds is 4. The molecule has 1 aliphatic rings. The highest BCUT2D eigenvalue weighted by atomic mass is 32.1. The Kier molecular flexibility index (Phi) is 5.10. The molecule has 0 radical (unpaired) electrons. The van der Waals surface area contributed by atoms with Gasteiger partial charge in [-0.15, -0.1) is 11.3 Å². The van der Waals surface area contributed by atoms with E-state index in [1.165, 1.54) is 7.11 Å². The highest BCUT2D eigenvalue weighted by Crippen LogP contribution is 2.36. The zero-order valence-corrected chi connectivity index (χ0v) is 17.2. The largest absolute Gasteiger partial charge is 0.496 e. The van der Waals surface area contributed by atoms with Crippen LogP contribution in [0.3, 0.4) is 0 Å². The van der Waals surface area contributed by atoms with E-state index in [1.807, 2.05) is 35.7 Å². The van der Waals surface area contributed by atoms with Crippen LogP contribution in [0.2, 0.25) is 0 Å². The first-order valence-corrected chi connectivity index (χ1v) is 10.1. The summed E-state index contributed by atoms with van der Waals surface area (Å²) in [7, 11) is 4.66. The van der Waals surface area contributed by atoms with Crippen LogP contribution in [0, 0.1) is 0 Å². The van der Waals surface area contributed by atoms with Gasteiger partial charge >= 0.3 is 5.97 Å². The van der Waals surface area contributed by atoms with Crippen LogP contribution in [-0.4, -0.2) is 47.3 Å². The van der Waals surface area contributed by atoms with E-state index in [0.717, 1.165) is 16.0 Å². The molecule has 2 aromatic heterocycles. The number of carbonyl (C=O) groups excluding carboxylic acids is 2. The summed E-state index contributed by atoms with van der Waals surface area (Å²) in [5.74, 6) is -0.0175. The van der Waals surface area contributed by atoms with Crippen LogP contribution in [0.5, 0.6) is 5.75 Å². The molecule has 0 aliphatic carbocycles. The van der Waals surface area contributed by atoms with E-state index in [9.17, 15) is 9.59 Å². The minimum atomic E-state index is -0.743. The number of methoxy groups -OCH3 is 2. The Hall–Kier alpha value is -3.13. The van der Waals surface area contributed by atoms with E-state index in [0.29, 0.717) is 30.1 Å². The van der Waals surface area contributed by atoms with Gasteiger partial charge in [-0.25, -0.2) is 4.79 Å². The number of esters is 1. The molecular formula is C21H21N3O4S. The average molecular weight is 411 g/mol. The van der Waals surface area contributed by atoms with Crippen molar-refractivity contribution in [3.8, 4) is 17.0 Å². The molecule has 1 aliphatic heterocycles. The fourth-order valence-corrected chi connectivity index (χ4v) is 4.61. The maximum absolute atomic E-state index is 13.4. The summed E-state index contributed by atoms with van der Waals surface area (Å²) in [5, 5.41) is 6.45. The number of carbonyl (C=O) groups is 2. The molecule has 1 unspecified atom stereocenters. The molecule has 29 heavy (non-hydrogen) atoms. The summed E-state index contributed by atoms with van der Waals surface area (Å²) in [5.41, 5.74) is 2.68. The standard InChI is InChI=1S/C21H21N3O4S/c1-23-16(12-15(22-23)13-6-4-5-7-17(13)27-2)20(25)24-10-8-18-14(9-11-29-18)19(24)21(26)28-3/h4-7,9,11-12,19H,8,10H2,1-3H3. The van der Waals surface area contributed by atoms with Crippen LogP contribution < -0.4 is 4.74 Å². The molecule has 0 saturated heterocycles. The summed E-state index contributed by atoms with van der Waals surface area (Å²) < 4.78 is 12.0. The summed E-state index contributed by atoms with van der Waals surface area (Å²) in [6.07, 6.45) is 0.712. The van der Waals surface area contributed by atoms with Crippen molar-refractivity contribution in [2.24, 2.45) is 7.05 Å². The van der Waals surface area contributed by atoms with Crippen molar-refractivity contribution in [3.63, 3.8) is 0 Å². The molecule has 1 atom stereocenters. The van der Waals surface area contributed by atoms with Gasteiger partial charge < -0.3 is 14.4 Å². The molecule has 8 heteroatoms. The fourth-order valence-electron chi connectivity index (χ4n) is 3.70. The summed E-state index contributed by atoms with van der Waals surface area (Å²) >= 11 is 1.60. The third-order valence-electron chi connectivity index (χ3n) is 5.13. The molecule has 4 rings (SSSR count). The summed E-state index contributed by atoms with van der Waals surface area (Å²) in [6, 6.07) is 10.4. The highest BCUT2D eigenvalue weighted by Gasteiger charge is 2.38. The maximum atomic E-state index is 13.4. The lowest BCUT2D eigenvalue weighted by atomic mass is 9.99. The maximum Gasteiger partial charge on any atom is 0.333 e. The lowest BCUT2D eigenvalue weighted by molar-refractivity contribution is -0.146. The van der Waals surface area contributed by atoms with Crippen LogP contribution in [0.1, 0.15) is 27.0 Å². The van der Waals surface area contributed by atoms with Gasteiger partial charge in [-0.05, 0) is 41.6 Å². The number of hydrogen-bond acceptors (Lipinski definition) is 6. The van der Waals surface area contributed by atoms with Crippen molar-refractivity contribution in [2.75, 3.05) is 20.8 Å². The topological polar surface area (TPSA) is 73.7 Å². The SMILES string of the molecule is COC(=O)C1c2ccsc2CCN1C(=O)c1cc(-c2ccccc2OC)nn1C. The first kappa shape index (κ1) is 19.2. The van der Waals surface area contributed by atoms with Crippen molar-refractivity contribution >= 4 is 23.2 Å². The number of hydrogen-bond donors (Lipinski definition) is 0. The first-order chi connectivity index (χ1) is 14.0. The molecule has 0 fully saturated rings. The average Bonchev–Trinajstić information content (AvgIpc) is 3.38. The van der Waals surface area contributed by atoms with Gasteiger partial charge in [-0.1, -0.05) is 12.1 Å². The third kappa shape index (κ3) is 3.29. The molecular weight excluding hydrogens is 390 g/mol. The van der Waals surface area contributed by atoms with E-state index in [-0.39, 0.29) is 5.91 Å². The van der Waals surface area contributed by atoms with E-state index in [1.54, 1.807) is 41.1 Å². The Morgan fingerprint density at radius 1 is 1.21 bits per heavy atom. The van der Waals surface area contributed by atoms with Crippen LogP contribution >= 0.6 is 11.3 Å². The predicted molar refractivity (Wildman–Crippen MR) is 109 cm³/mol. The Labute approximate surface area is 172 Å². The smallest absolute Gasteiger partial charge is 0.333 e. The molecule has 3 aromatic rings. The second-order valence-corrected chi connectivity index (χ2v) is 7.71. The number of aromatic nitrogens is 2. The van der Waals surface area contributed by atoms with Crippen molar-refractivity contribution in [1.82, 2.24) is 14.7 Å². The molecule has 1 amide bonds. The van der Waals surface area contributed by atoms with E-state index < -0.39 is 12.0 Å². The monoisotopic (exact) mass is 411 g/mol. The quantitative estimate of drug-likeness (QED) is 0.617. The zero-order chi connectivity index (χ0) is 20.5. The number of nitrogens with zero attached hydrogens (tertiary/aromatic N) is 3. The Bertz CT molecular complexity index is 1070. The normalized spacial score (nSPS) is 15.7. The van der Waals surface area contributed by atoms with Gasteiger partial charge in [0.2, 0.25) is 0 Å². The van der Waals surface area contributed by atoms with Gasteiger partial charge in [0.05, 0.1) is 19.9 Å². The van der Waals surface area contributed by atoms with E-state index in [2.05, 4.69) is 5.10 Å². The number of para-hydroxylation sites is 1. The highest BCUT2D eigenvalue weighted by molar-refractivity contribution is 7.10. The van der Waals surface area contributed by atoms with Gasteiger partial charge in [-0.3, -0.25) is 9.48 Å². The molecule has 0 spiro atoms. The van der Waals surface area contributed by atoms with Crippen LogP contribution in [-0.2, 0) is 23.0 Å². The number of aryl methyl sites for hydroxylation is 1. The van der Waals surface area contributed by atoms with Crippen LogP contribution in [0.4, 0.5) is 0 Å². The number of ether oxygens (including phenoxy) is 2. The second-order valence-electron chi connectivity index (χ2n) is 6.71. The van der Waals surface area contributed by atoms with Crippen molar-refractivity contribution in [2.45, 2.75) is 12.5 Å². The first-order valence-electron chi connectivity index (χ1n) is 9.17. The minimum Gasteiger partial charge on any atom is -0.496 e. The van der Waals surface area contributed by atoms with E-state index >= 15 is 0 Å². The molecule has 0 saturated carbocycles. The lowest BCUT2D eigenvalue weighted by Gasteiger charge is -2.33. The Morgan fingerprint density at radius 2 is 2.00 bits per heavy atom. The zero-order valence-electron chi connectivity index (χ0n) is 16.4. The molecule has 3 heterocycles. The lowest BCUT2D eigenvalue weighted by Crippen LogP contribution is -2.44. The van der Waals surface area contributed by atoms with Gasteiger partial charge in [-0.2, -0.15) is 5.10 Å². The number of thiophene rings is 1. The summed E-state index contributed by atoms with van der Waals surface area (Å²) in [4.78, 5) is 28.6. The molecule has 7 nitrogen and oxygen atoms in total. The molecule has 1 aromatic carbocycles. The van der Waals surface area contributed by atoms with Gasteiger partial charge in [0.15, 0.2) is 6.04 Å². The fraction of sp³-hybridized carbons (Fsp3) is 0.286. The van der Waals surface area contributed by atoms with Crippen molar-refractivity contribution in [1.29, 1.82) is 0 Å². The predicted octanol–water partition coefficient (Wildman–Crippen LogP) is 3.07. The van der Waals surface area contributed by atoms with Crippen molar-refractivity contribution < 1.29 is 19.1 Å². The Morgan fingerprint density at radius 3 is 2.76 bits per heavy atom. The Balaban J connectivity index is 1.71. The number of fused-ring (bicyclic) bond motifs is 1. The van der Waals surface area contributed by atoms with Gasteiger partial charge in [0.25, 0.3) is 5.91 Å². The van der Waals surface area contributed by atoms with E-state index in [4.69, 9.17) is 9.47 Å². The van der Waals surface area contributed by atoms with Crippen LogP contribution in [0.15, 0.2) is 41.8 Å². The minimum absolute atomic E-state index is 0.256. The number of benzene rings is 1. The number of amides is 1.